The van der Waals surface area contributed by atoms with Gasteiger partial charge in [-0.1, -0.05) is 35.5 Å². The van der Waals surface area contributed by atoms with Crippen molar-refractivity contribution in [3.05, 3.63) is 52.1 Å². The van der Waals surface area contributed by atoms with Crippen LogP contribution in [0.5, 0.6) is 0 Å². The van der Waals surface area contributed by atoms with Crippen LogP contribution in [0.25, 0.3) is 15.9 Å². The van der Waals surface area contributed by atoms with Crippen molar-refractivity contribution in [1.82, 2.24) is 19.6 Å². The lowest BCUT2D eigenvalue weighted by Gasteiger charge is -2.08. The normalized spacial score (nSPS) is 12.3. The van der Waals surface area contributed by atoms with E-state index in [1.807, 2.05) is 24.3 Å². The van der Waals surface area contributed by atoms with E-state index in [2.05, 4.69) is 15.2 Å². The molecule has 0 aliphatic heterocycles. The van der Waals surface area contributed by atoms with E-state index in [0.29, 0.717) is 10.9 Å². The maximum absolute atomic E-state index is 13.0. The van der Waals surface area contributed by atoms with Crippen LogP contribution in [-0.2, 0) is 11.9 Å². The summed E-state index contributed by atoms with van der Waals surface area (Å²) in [6.45, 7) is 0. The fourth-order valence-corrected chi connectivity index (χ4v) is 4.41. The summed E-state index contributed by atoms with van der Waals surface area (Å²) in [6, 6.07) is 8.59. The molecule has 0 saturated heterocycles. The topological polar surface area (TPSA) is 43.1 Å². The molecule has 0 amide bonds. The SMILES string of the molecule is FC(F)(F)c1cc(Cl)c2nnc(SCc3nc4ccccc4s3)n2c1. The molecule has 1 aromatic carbocycles. The Morgan fingerprint density at radius 1 is 1.20 bits per heavy atom. The number of fused-ring (bicyclic) bond motifs is 2. The Bertz CT molecular complexity index is 1040. The molecule has 25 heavy (non-hydrogen) atoms. The largest absolute Gasteiger partial charge is 0.417 e. The minimum atomic E-state index is -4.49. The first kappa shape index (κ1) is 16.6. The van der Waals surface area contributed by atoms with Gasteiger partial charge in [-0.15, -0.1) is 21.5 Å². The first-order chi connectivity index (χ1) is 11.9. The number of aromatic nitrogens is 4. The molecule has 3 heterocycles. The van der Waals surface area contributed by atoms with Crippen LogP contribution in [0.2, 0.25) is 5.02 Å². The second-order valence-corrected chi connectivity index (χ2v) is 7.58. The number of thioether (sulfide) groups is 1. The molecule has 0 atom stereocenters. The zero-order valence-electron chi connectivity index (χ0n) is 12.3. The van der Waals surface area contributed by atoms with Crippen molar-refractivity contribution in [2.24, 2.45) is 0 Å². The Labute approximate surface area is 152 Å². The summed E-state index contributed by atoms with van der Waals surface area (Å²) in [6.07, 6.45) is -3.53. The summed E-state index contributed by atoms with van der Waals surface area (Å²) in [5.74, 6) is 0.480. The number of pyridine rings is 1. The standard InChI is InChI=1S/C15H8ClF3N4S2/c16-9-5-8(15(17,18)19)6-23-13(9)21-22-14(23)24-7-12-20-10-3-1-2-4-11(10)25-12/h1-6H,7H2. The van der Waals surface area contributed by atoms with E-state index in [-0.39, 0.29) is 10.7 Å². The number of halogens is 4. The predicted molar refractivity (Wildman–Crippen MR) is 92.2 cm³/mol. The molecule has 4 aromatic rings. The Morgan fingerprint density at radius 2 is 2.00 bits per heavy atom. The molecule has 4 nitrogen and oxygen atoms in total. The number of rotatable bonds is 3. The first-order valence-corrected chi connectivity index (χ1v) is 9.18. The van der Waals surface area contributed by atoms with Crippen molar-refractivity contribution in [2.75, 3.05) is 0 Å². The molecule has 0 N–H and O–H groups in total. The van der Waals surface area contributed by atoms with Crippen LogP contribution in [0.1, 0.15) is 10.6 Å². The van der Waals surface area contributed by atoms with E-state index < -0.39 is 11.7 Å². The number of benzene rings is 1. The highest BCUT2D eigenvalue weighted by Crippen LogP contribution is 2.34. The van der Waals surface area contributed by atoms with Crippen molar-refractivity contribution in [3.8, 4) is 0 Å². The molecule has 0 fully saturated rings. The number of alkyl halides is 3. The number of para-hydroxylation sites is 1. The lowest BCUT2D eigenvalue weighted by atomic mass is 10.3. The van der Waals surface area contributed by atoms with Gasteiger partial charge in [-0.2, -0.15) is 13.2 Å². The van der Waals surface area contributed by atoms with E-state index in [9.17, 15) is 13.2 Å². The van der Waals surface area contributed by atoms with Gasteiger partial charge >= 0.3 is 6.18 Å². The van der Waals surface area contributed by atoms with Gasteiger partial charge in [0.05, 0.1) is 26.6 Å². The van der Waals surface area contributed by atoms with Gasteiger partial charge < -0.3 is 0 Å². The van der Waals surface area contributed by atoms with Crippen LogP contribution in [0.4, 0.5) is 13.2 Å². The van der Waals surface area contributed by atoms with Crippen LogP contribution in [0.15, 0.2) is 41.7 Å². The van der Waals surface area contributed by atoms with E-state index in [1.54, 1.807) is 0 Å². The Balaban J connectivity index is 1.66. The minimum absolute atomic E-state index is 0.0887. The Kier molecular flexibility index (Phi) is 4.09. The average molecular weight is 401 g/mol. The second kappa shape index (κ2) is 6.15. The number of hydrogen-bond acceptors (Lipinski definition) is 5. The second-order valence-electron chi connectivity index (χ2n) is 5.11. The molecule has 0 saturated carbocycles. The molecule has 0 aliphatic rings. The van der Waals surface area contributed by atoms with Crippen molar-refractivity contribution in [3.63, 3.8) is 0 Å². The summed E-state index contributed by atoms with van der Waals surface area (Å²) in [5, 5.41) is 8.93. The third-order valence-electron chi connectivity index (χ3n) is 3.42. The number of thiazole rings is 1. The molecule has 0 unspecified atom stereocenters. The molecule has 128 valence electrons. The van der Waals surface area contributed by atoms with Crippen molar-refractivity contribution in [1.29, 1.82) is 0 Å². The Morgan fingerprint density at radius 3 is 2.76 bits per heavy atom. The molecular formula is C15H8ClF3N4S2. The summed E-state index contributed by atoms with van der Waals surface area (Å²) in [4.78, 5) is 4.50. The Hall–Kier alpha value is -1.84. The monoisotopic (exact) mass is 400 g/mol. The summed E-state index contributed by atoms with van der Waals surface area (Å²) in [7, 11) is 0. The third kappa shape index (κ3) is 3.19. The predicted octanol–water partition coefficient (Wildman–Crippen LogP) is 5.30. The number of nitrogens with zero attached hydrogens (tertiary/aromatic N) is 4. The van der Waals surface area contributed by atoms with E-state index in [4.69, 9.17) is 11.6 Å². The van der Waals surface area contributed by atoms with Gasteiger partial charge in [-0.3, -0.25) is 4.40 Å². The van der Waals surface area contributed by atoms with Gasteiger partial charge in [0, 0.05) is 6.20 Å². The van der Waals surface area contributed by atoms with Crippen molar-refractivity contribution >= 4 is 50.6 Å². The summed E-state index contributed by atoms with van der Waals surface area (Å²) in [5.41, 5.74) is 0.254. The lowest BCUT2D eigenvalue weighted by Crippen LogP contribution is -2.07. The fraction of sp³-hybridized carbons (Fsp3) is 0.133. The highest BCUT2D eigenvalue weighted by atomic mass is 35.5. The van der Waals surface area contributed by atoms with Crippen molar-refractivity contribution < 1.29 is 13.2 Å². The van der Waals surface area contributed by atoms with Crippen LogP contribution in [-0.4, -0.2) is 19.6 Å². The highest BCUT2D eigenvalue weighted by Gasteiger charge is 2.32. The fourth-order valence-electron chi connectivity index (χ4n) is 2.30. The van der Waals surface area contributed by atoms with Gasteiger partial charge in [0.25, 0.3) is 0 Å². The van der Waals surface area contributed by atoms with Crippen LogP contribution >= 0.6 is 34.7 Å². The molecule has 10 heteroatoms. The zero-order chi connectivity index (χ0) is 17.6. The van der Waals surface area contributed by atoms with E-state index in [0.717, 1.165) is 27.5 Å². The lowest BCUT2D eigenvalue weighted by molar-refractivity contribution is -0.137. The average Bonchev–Trinajstić information content (AvgIpc) is 3.15. The minimum Gasteiger partial charge on any atom is -0.276 e. The summed E-state index contributed by atoms with van der Waals surface area (Å²) >= 11 is 8.71. The zero-order valence-corrected chi connectivity index (χ0v) is 14.7. The molecule has 3 aromatic heterocycles. The van der Waals surface area contributed by atoms with Crippen LogP contribution in [0, 0.1) is 0 Å². The smallest absolute Gasteiger partial charge is 0.276 e. The highest BCUT2D eigenvalue weighted by molar-refractivity contribution is 7.98. The molecule has 0 spiro atoms. The quantitative estimate of drug-likeness (QED) is 0.437. The molecule has 0 aliphatic carbocycles. The van der Waals surface area contributed by atoms with E-state index >= 15 is 0 Å². The van der Waals surface area contributed by atoms with Gasteiger partial charge in [-0.25, -0.2) is 4.98 Å². The van der Waals surface area contributed by atoms with Crippen LogP contribution in [0.3, 0.4) is 0 Å². The third-order valence-corrected chi connectivity index (χ3v) is 5.87. The summed E-state index contributed by atoms with van der Waals surface area (Å²) < 4.78 is 41.3. The number of hydrogen-bond donors (Lipinski definition) is 0. The maximum Gasteiger partial charge on any atom is 0.417 e. The molecule has 0 radical (unpaired) electrons. The first-order valence-electron chi connectivity index (χ1n) is 7.00. The van der Waals surface area contributed by atoms with Gasteiger partial charge in [0.15, 0.2) is 10.8 Å². The van der Waals surface area contributed by atoms with Gasteiger partial charge in [-0.05, 0) is 18.2 Å². The van der Waals surface area contributed by atoms with E-state index in [1.165, 1.54) is 27.5 Å². The van der Waals surface area contributed by atoms with Gasteiger partial charge in [0.2, 0.25) is 0 Å². The molecule has 0 bridgehead atoms. The molecule has 4 rings (SSSR count). The molecular weight excluding hydrogens is 393 g/mol. The van der Waals surface area contributed by atoms with Gasteiger partial charge in [0.1, 0.15) is 5.01 Å². The van der Waals surface area contributed by atoms with Crippen molar-refractivity contribution in [2.45, 2.75) is 17.1 Å². The van der Waals surface area contributed by atoms with Crippen LogP contribution < -0.4 is 0 Å². The maximum atomic E-state index is 13.0.